The van der Waals surface area contributed by atoms with Crippen LogP contribution in [0.15, 0.2) is 30.3 Å². The van der Waals surface area contributed by atoms with Gasteiger partial charge in [-0.1, -0.05) is 68.9 Å². The van der Waals surface area contributed by atoms with Gasteiger partial charge in [-0.3, -0.25) is 4.79 Å². The molecule has 2 aliphatic rings. The van der Waals surface area contributed by atoms with Crippen LogP contribution < -0.4 is 5.73 Å². The molecule has 0 spiro atoms. The molecule has 0 unspecified atom stereocenters. The molecule has 1 aliphatic carbocycles. The Morgan fingerprint density at radius 3 is 2.59 bits per heavy atom. The fourth-order valence-corrected chi connectivity index (χ4v) is 6.08. The molecule has 1 saturated heterocycles. The normalized spacial score (nSPS) is 21.9. The number of likely N-dealkylation sites (tertiary alicyclic amines) is 1. The van der Waals surface area contributed by atoms with Crippen LogP contribution in [0.1, 0.15) is 88.5 Å². The Balaban J connectivity index is 1.57. The summed E-state index contributed by atoms with van der Waals surface area (Å²) in [6, 6.07) is 11.0. The van der Waals surface area contributed by atoms with E-state index in [2.05, 4.69) is 35.2 Å². The molecule has 0 bridgehead atoms. The predicted molar refractivity (Wildman–Crippen MR) is 133 cm³/mol. The lowest BCUT2D eigenvalue weighted by Gasteiger charge is -2.38. The fraction of sp³-hybridized carbons (Fsp3) is 0.750. The summed E-state index contributed by atoms with van der Waals surface area (Å²) in [4.78, 5) is 15.4. The average Bonchev–Trinajstić information content (AvgIpc) is 2.85. The number of hydrogen-bond acceptors (Lipinski definition) is 3. The number of nitrogens with two attached hydrogens (primary N) is 1. The maximum atomic E-state index is 13.3. The summed E-state index contributed by atoms with van der Waals surface area (Å²) in [5.74, 6) is 2.55. The van der Waals surface area contributed by atoms with Gasteiger partial charge in [0.25, 0.3) is 0 Å². The Morgan fingerprint density at radius 1 is 1.09 bits per heavy atom. The first-order chi connectivity index (χ1) is 15.7. The Bertz CT molecular complexity index is 644. The number of methoxy groups -OCH3 is 1. The van der Waals surface area contributed by atoms with Crippen molar-refractivity contribution in [2.75, 3.05) is 33.4 Å². The van der Waals surface area contributed by atoms with E-state index in [1.165, 1.54) is 56.9 Å². The molecule has 1 heterocycles. The summed E-state index contributed by atoms with van der Waals surface area (Å²) in [6.45, 7) is 3.30. The topological polar surface area (TPSA) is 55.6 Å². The second-order valence-corrected chi connectivity index (χ2v) is 10.3. The number of benzene rings is 1. The van der Waals surface area contributed by atoms with Crippen LogP contribution in [0.2, 0.25) is 0 Å². The van der Waals surface area contributed by atoms with Crippen molar-refractivity contribution < 1.29 is 9.53 Å². The molecule has 3 atom stereocenters. The van der Waals surface area contributed by atoms with Gasteiger partial charge in [0.15, 0.2) is 0 Å². The summed E-state index contributed by atoms with van der Waals surface area (Å²) < 4.78 is 5.26. The Labute approximate surface area is 196 Å². The molecule has 4 heteroatoms. The molecule has 1 aliphatic heterocycles. The van der Waals surface area contributed by atoms with Crippen LogP contribution in [-0.4, -0.2) is 44.2 Å². The quantitative estimate of drug-likeness (QED) is 0.419. The number of amides is 1. The number of unbranched alkanes of at least 4 members (excludes halogenated alkanes) is 1. The molecule has 32 heavy (non-hydrogen) atoms. The zero-order valence-electron chi connectivity index (χ0n) is 20.4. The fourth-order valence-electron chi connectivity index (χ4n) is 6.08. The zero-order chi connectivity index (χ0) is 22.6. The Hall–Kier alpha value is -1.39. The van der Waals surface area contributed by atoms with Gasteiger partial charge in [0, 0.05) is 33.2 Å². The van der Waals surface area contributed by atoms with Crippen LogP contribution in [0.4, 0.5) is 0 Å². The molecule has 1 aromatic carbocycles. The van der Waals surface area contributed by atoms with Crippen molar-refractivity contribution >= 4 is 5.91 Å². The van der Waals surface area contributed by atoms with E-state index < -0.39 is 0 Å². The van der Waals surface area contributed by atoms with Crippen LogP contribution in [-0.2, 0) is 9.53 Å². The molecule has 2 N–H and O–H groups in total. The third-order valence-corrected chi connectivity index (χ3v) is 7.91. The largest absolute Gasteiger partial charge is 0.385 e. The van der Waals surface area contributed by atoms with E-state index in [9.17, 15) is 4.79 Å². The van der Waals surface area contributed by atoms with Crippen LogP contribution in [0, 0.1) is 17.8 Å². The Kier molecular flexibility index (Phi) is 11.0. The zero-order valence-corrected chi connectivity index (χ0v) is 20.4. The summed E-state index contributed by atoms with van der Waals surface area (Å²) in [6.07, 6.45) is 14.3. The number of nitrogens with zero attached hydrogens (tertiary/aromatic N) is 1. The number of ether oxygens (including phenoxy) is 1. The maximum Gasteiger partial charge on any atom is 0.222 e. The minimum atomic E-state index is 0.340. The predicted octanol–water partition coefficient (Wildman–Crippen LogP) is 5.76. The summed E-state index contributed by atoms with van der Waals surface area (Å²) >= 11 is 0. The third-order valence-electron chi connectivity index (χ3n) is 7.91. The van der Waals surface area contributed by atoms with E-state index >= 15 is 0 Å². The Morgan fingerprint density at radius 2 is 1.88 bits per heavy atom. The van der Waals surface area contributed by atoms with Gasteiger partial charge in [-0.25, -0.2) is 0 Å². The lowest BCUT2D eigenvalue weighted by Crippen LogP contribution is -2.42. The van der Waals surface area contributed by atoms with Gasteiger partial charge in [-0.05, 0) is 67.9 Å². The molecule has 2 fully saturated rings. The highest BCUT2D eigenvalue weighted by Crippen LogP contribution is 2.36. The van der Waals surface area contributed by atoms with Gasteiger partial charge in [0.2, 0.25) is 5.91 Å². The summed E-state index contributed by atoms with van der Waals surface area (Å²) in [7, 11) is 1.78. The first-order valence-corrected chi connectivity index (χ1v) is 13.2. The van der Waals surface area contributed by atoms with Crippen molar-refractivity contribution in [1.82, 2.24) is 4.90 Å². The number of rotatable bonds is 12. The minimum absolute atomic E-state index is 0.340. The second kappa shape index (κ2) is 14.0. The van der Waals surface area contributed by atoms with Crippen molar-refractivity contribution in [1.29, 1.82) is 0 Å². The standard InChI is InChI=1S/C28H46N2O2/c1-32-18-9-8-16-27(25-13-6-3-7-14-25)26-15-10-17-30(22-26)28(31)20-24(21-29)19-23-11-4-2-5-12-23/h3,6-7,13-14,23-24,26-27H,2,4-5,8-12,15-22,29H2,1H3/t24-,26-,27+/m1/s1. The van der Waals surface area contributed by atoms with Crippen molar-refractivity contribution in [3.63, 3.8) is 0 Å². The van der Waals surface area contributed by atoms with Crippen LogP contribution in [0.3, 0.4) is 0 Å². The first-order valence-electron chi connectivity index (χ1n) is 13.2. The summed E-state index contributed by atoms with van der Waals surface area (Å²) in [5.41, 5.74) is 7.55. The molecule has 1 saturated carbocycles. The molecule has 1 amide bonds. The summed E-state index contributed by atoms with van der Waals surface area (Å²) in [5, 5.41) is 0. The van der Waals surface area contributed by atoms with Gasteiger partial charge in [-0.15, -0.1) is 0 Å². The van der Waals surface area contributed by atoms with Crippen molar-refractivity contribution in [3.8, 4) is 0 Å². The minimum Gasteiger partial charge on any atom is -0.385 e. The van der Waals surface area contributed by atoms with Crippen molar-refractivity contribution in [2.24, 2.45) is 23.5 Å². The maximum absolute atomic E-state index is 13.3. The number of carbonyl (C=O) groups excluding carboxylic acids is 1. The lowest BCUT2D eigenvalue weighted by atomic mass is 9.78. The van der Waals surface area contributed by atoms with Crippen molar-refractivity contribution in [2.45, 2.75) is 83.0 Å². The van der Waals surface area contributed by atoms with E-state index in [1.807, 2.05) is 0 Å². The van der Waals surface area contributed by atoms with E-state index in [4.69, 9.17) is 10.5 Å². The number of hydrogen-bond donors (Lipinski definition) is 1. The highest BCUT2D eigenvalue weighted by molar-refractivity contribution is 5.76. The van der Waals surface area contributed by atoms with E-state index in [0.29, 0.717) is 36.6 Å². The SMILES string of the molecule is COCCCC[C@@H](c1ccccc1)[C@@H]1CCCN(C(=O)C[C@H](CN)CC2CCCCC2)C1. The molecular formula is C28H46N2O2. The monoisotopic (exact) mass is 442 g/mol. The van der Waals surface area contributed by atoms with Crippen molar-refractivity contribution in [3.05, 3.63) is 35.9 Å². The van der Waals surface area contributed by atoms with Gasteiger partial charge in [0.1, 0.15) is 0 Å². The highest BCUT2D eigenvalue weighted by atomic mass is 16.5. The smallest absolute Gasteiger partial charge is 0.222 e. The molecule has 4 nitrogen and oxygen atoms in total. The number of carbonyl (C=O) groups is 1. The molecule has 0 aromatic heterocycles. The lowest BCUT2D eigenvalue weighted by molar-refractivity contribution is -0.134. The molecule has 0 radical (unpaired) electrons. The van der Waals surface area contributed by atoms with Gasteiger partial charge in [-0.2, -0.15) is 0 Å². The first kappa shape index (κ1) is 25.2. The highest BCUT2D eigenvalue weighted by Gasteiger charge is 2.31. The third kappa shape index (κ3) is 7.88. The van der Waals surface area contributed by atoms with E-state index in [1.54, 1.807) is 7.11 Å². The molecular weight excluding hydrogens is 396 g/mol. The van der Waals surface area contributed by atoms with Crippen LogP contribution >= 0.6 is 0 Å². The number of piperidine rings is 1. The van der Waals surface area contributed by atoms with Gasteiger partial charge < -0.3 is 15.4 Å². The van der Waals surface area contributed by atoms with Gasteiger partial charge >= 0.3 is 0 Å². The van der Waals surface area contributed by atoms with Crippen LogP contribution in [0.25, 0.3) is 0 Å². The average molecular weight is 443 g/mol. The van der Waals surface area contributed by atoms with Crippen LogP contribution in [0.5, 0.6) is 0 Å². The molecule has 3 rings (SSSR count). The molecule has 1 aromatic rings. The van der Waals surface area contributed by atoms with E-state index in [0.717, 1.165) is 44.9 Å². The molecule has 180 valence electrons. The second-order valence-electron chi connectivity index (χ2n) is 10.3. The van der Waals surface area contributed by atoms with Gasteiger partial charge in [0.05, 0.1) is 0 Å². The van der Waals surface area contributed by atoms with E-state index in [-0.39, 0.29) is 0 Å².